The molecule has 0 aromatic heterocycles. The lowest BCUT2D eigenvalue weighted by molar-refractivity contribution is -0.146. The molecule has 0 bridgehead atoms. The van der Waals surface area contributed by atoms with E-state index in [2.05, 4.69) is 12.1 Å². The van der Waals surface area contributed by atoms with Gasteiger partial charge in [-0.3, -0.25) is 14.6 Å². The van der Waals surface area contributed by atoms with Gasteiger partial charge >= 0.3 is 5.97 Å². The molecule has 1 aliphatic heterocycles. The summed E-state index contributed by atoms with van der Waals surface area (Å²) in [5.41, 5.74) is 4.06. The summed E-state index contributed by atoms with van der Waals surface area (Å²) in [6.45, 7) is 7.86. The number of hydrogen-bond donors (Lipinski definition) is 0. The molecule has 2 aliphatic rings. The zero-order valence-corrected chi connectivity index (χ0v) is 19.7. The number of aliphatic imine (C=N–C) groups is 1. The summed E-state index contributed by atoms with van der Waals surface area (Å²) in [6.07, 6.45) is 1.03. The number of ketones is 1. The molecule has 1 aliphatic carbocycles. The van der Waals surface area contributed by atoms with Crippen molar-refractivity contribution in [2.75, 3.05) is 6.61 Å². The van der Waals surface area contributed by atoms with E-state index in [1.807, 2.05) is 63.2 Å². The van der Waals surface area contributed by atoms with E-state index in [1.54, 1.807) is 6.92 Å². The smallest absolute Gasteiger partial charge is 0.315 e. The molecule has 1 unspecified atom stereocenters. The van der Waals surface area contributed by atoms with Gasteiger partial charge in [0.25, 0.3) is 0 Å². The third-order valence-corrected chi connectivity index (χ3v) is 6.32. The Bertz CT molecular complexity index is 1100. The Morgan fingerprint density at radius 3 is 2.45 bits per heavy atom. The average molecular weight is 446 g/mol. The van der Waals surface area contributed by atoms with Crippen molar-refractivity contribution in [3.63, 3.8) is 0 Å². The first-order valence-electron chi connectivity index (χ1n) is 11.7. The fraction of sp³-hybridized carbons (Fsp3) is 0.393. The summed E-state index contributed by atoms with van der Waals surface area (Å²) in [4.78, 5) is 31.6. The Hall–Kier alpha value is -3.21. The fourth-order valence-corrected chi connectivity index (χ4v) is 4.99. The molecule has 0 fully saturated rings. The minimum absolute atomic E-state index is 0.0384. The first kappa shape index (κ1) is 23.0. The number of Topliss-reactive ketones (excluding diaryl/α,β-unsaturated/α-hetero) is 1. The highest BCUT2D eigenvalue weighted by molar-refractivity contribution is 6.09. The van der Waals surface area contributed by atoms with Crippen LogP contribution in [0.3, 0.4) is 0 Å². The Labute approximate surface area is 195 Å². The molecule has 0 N–H and O–H groups in total. The van der Waals surface area contributed by atoms with E-state index in [0.717, 1.165) is 16.8 Å². The number of benzene rings is 2. The molecule has 1 heterocycles. The van der Waals surface area contributed by atoms with Gasteiger partial charge in [-0.15, -0.1) is 0 Å². The van der Waals surface area contributed by atoms with Gasteiger partial charge in [0.1, 0.15) is 11.7 Å². The highest BCUT2D eigenvalue weighted by atomic mass is 16.5. The zero-order chi connectivity index (χ0) is 23.5. The van der Waals surface area contributed by atoms with E-state index >= 15 is 0 Å². The molecular formula is C28H31NO4. The highest BCUT2D eigenvalue weighted by Crippen LogP contribution is 2.48. The predicted molar refractivity (Wildman–Crippen MR) is 129 cm³/mol. The lowest BCUT2D eigenvalue weighted by atomic mass is 9.69. The minimum atomic E-state index is -0.655. The molecular weight excluding hydrogens is 414 g/mol. The van der Waals surface area contributed by atoms with Gasteiger partial charge < -0.3 is 9.47 Å². The van der Waals surface area contributed by atoms with Crippen molar-refractivity contribution >= 4 is 17.5 Å². The largest absolute Gasteiger partial charge is 0.491 e. The van der Waals surface area contributed by atoms with Crippen LogP contribution in [-0.4, -0.2) is 30.2 Å². The molecule has 5 nitrogen and oxygen atoms in total. The van der Waals surface area contributed by atoms with E-state index in [4.69, 9.17) is 14.5 Å². The SMILES string of the molecule is CCOC(=O)C1C(C)=NC2=C(C(=O)C[C@H](c3ccccc3)C2)[C@@H]1c1ccccc1OC(C)C. The maximum atomic E-state index is 13.6. The molecule has 0 spiro atoms. The predicted octanol–water partition coefficient (Wildman–Crippen LogP) is 5.61. The second-order valence-corrected chi connectivity index (χ2v) is 8.96. The minimum Gasteiger partial charge on any atom is -0.491 e. The average Bonchev–Trinajstić information content (AvgIpc) is 2.78. The molecule has 0 saturated carbocycles. The molecule has 0 radical (unpaired) electrons. The number of carbonyl (C=O) groups is 2. The van der Waals surface area contributed by atoms with Crippen LogP contribution in [0.15, 0.2) is 70.9 Å². The first-order valence-corrected chi connectivity index (χ1v) is 11.7. The van der Waals surface area contributed by atoms with Gasteiger partial charge in [0.2, 0.25) is 0 Å². The lowest BCUT2D eigenvalue weighted by Gasteiger charge is -2.37. The molecule has 33 heavy (non-hydrogen) atoms. The van der Waals surface area contributed by atoms with Crippen molar-refractivity contribution in [1.82, 2.24) is 0 Å². The van der Waals surface area contributed by atoms with Crippen molar-refractivity contribution < 1.29 is 19.1 Å². The van der Waals surface area contributed by atoms with Crippen LogP contribution in [0.1, 0.15) is 63.5 Å². The summed E-state index contributed by atoms with van der Waals surface area (Å²) in [5, 5.41) is 0. The van der Waals surface area contributed by atoms with Crippen LogP contribution in [0.25, 0.3) is 0 Å². The van der Waals surface area contributed by atoms with Gasteiger partial charge in [-0.1, -0.05) is 48.5 Å². The standard InChI is InChI=1S/C28H31NO4/c1-5-32-28(31)25-18(4)29-22-15-20(19-11-7-6-8-12-19)16-23(30)27(22)26(25)21-13-9-10-14-24(21)33-17(2)3/h6-14,17,20,25-26H,5,15-16H2,1-4H3/t20-,25?,26-/m1/s1. The van der Waals surface area contributed by atoms with Crippen LogP contribution < -0.4 is 4.74 Å². The van der Waals surface area contributed by atoms with Crippen molar-refractivity contribution in [2.24, 2.45) is 10.9 Å². The molecule has 2 aromatic rings. The fourth-order valence-electron chi connectivity index (χ4n) is 4.99. The van der Waals surface area contributed by atoms with Gasteiger partial charge in [-0.2, -0.15) is 0 Å². The first-order chi connectivity index (χ1) is 15.9. The molecule has 3 atom stereocenters. The number of carbonyl (C=O) groups excluding carboxylic acids is 2. The summed E-state index contributed by atoms with van der Waals surface area (Å²) in [6, 6.07) is 17.8. The molecule has 2 aromatic carbocycles. The normalized spacial score (nSPS) is 22.6. The van der Waals surface area contributed by atoms with Gasteiger partial charge in [0.05, 0.1) is 12.7 Å². The van der Waals surface area contributed by atoms with Crippen molar-refractivity contribution in [2.45, 2.75) is 58.5 Å². The third-order valence-electron chi connectivity index (χ3n) is 6.32. The number of ether oxygens (including phenoxy) is 2. The van der Waals surface area contributed by atoms with E-state index in [-0.39, 0.29) is 30.4 Å². The van der Waals surface area contributed by atoms with Gasteiger partial charge in [0, 0.05) is 34.9 Å². The van der Waals surface area contributed by atoms with Crippen LogP contribution in [-0.2, 0) is 14.3 Å². The maximum absolute atomic E-state index is 13.6. The maximum Gasteiger partial charge on any atom is 0.315 e. The zero-order valence-electron chi connectivity index (χ0n) is 19.7. The Balaban J connectivity index is 1.84. The van der Waals surface area contributed by atoms with Gasteiger partial charge in [0.15, 0.2) is 5.78 Å². The van der Waals surface area contributed by atoms with Crippen LogP contribution in [0, 0.1) is 5.92 Å². The van der Waals surface area contributed by atoms with Crippen LogP contribution in [0.5, 0.6) is 5.75 Å². The molecule has 0 amide bonds. The molecule has 172 valence electrons. The summed E-state index contributed by atoms with van der Waals surface area (Å²) >= 11 is 0. The third kappa shape index (κ3) is 4.63. The number of esters is 1. The van der Waals surface area contributed by atoms with E-state index < -0.39 is 11.8 Å². The number of allylic oxidation sites excluding steroid dienone is 2. The highest BCUT2D eigenvalue weighted by Gasteiger charge is 2.45. The topological polar surface area (TPSA) is 65.0 Å². The van der Waals surface area contributed by atoms with E-state index in [1.165, 1.54) is 0 Å². The number of nitrogens with zero attached hydrogens (tertiary/aromatic N) is 1. The van der Waals surface area contributed by atoms with E-state index in [9.17, 15) is 9.59 Å². The van der Waals surface area contributed by atoms with Crippen molar-refractivity contribution in [3.05, 3.63) is 77.0 Å². The van der Waals surface area contributed by atoms with Gasteiger partial charge in [-0.25, -0.2) is 0 Å². The second kappa shape index (κ2) is 9.74. The Morgan fingerprint density at radius 2 is 1.76 bits per heavy atom. The van der Waals surface area contributed by atoms with Crippen LogP contribution >= 0.6 is 0 Å². The van der Waals surface area contributed by atoms with Crippen molar-refractivity contribution in [3.8, 4) is 5.75 Å². The second-order valence-electron chi connectivity index (χ2n) is 8.96. The number of hydrogen-bond acceptors (Lipinski definition) is 5. The summed E-state index contributed by atoms with van der Waals surface area (Å²) in [7, 11) is 0. The van der Waals surface area contributed by atoms with Crippen LogP contribution in [0.4, 0.5) is 0 Å². The molecule has 4 rings (SSSR count). The molecule has 5 heteroatoms. The number of rotatable bonds is 6. The van der Waals surface area contributed by atoms with Gasteiger partial charge in [-0.05, 0) is 51.7 Å². The Kier molecular flexibility index (Phi) is 6.77. The Morgan fingerprint density at radius 1 is 1.06 bits per heavy atom. The van der Waals surface area contributed by atoms with Crippen LogP contribution in [0.2, 0.25) is 0 Å². The molecule has 0 saturated heterocycles. The lowest BCUT2D eigenvalue weighted by Crippen LogP contribution is -2.38. The van der Waals surface area contributed by atoms with Crippen molar-refractivity contribution in [1.29, 1.82) is 0 Å². The number of para-hydroxylation sites is 1. The monoisotopic (exact) mass is 445 g/mol. The quantitative estimate of drug-likeness (QED) is 0.542. The summed E-state index contributed by atoms with van der Waals surface area (Å²) < 4.78 is 11.5. The summed E-state index contributed by atoms with van der Waals surface area (Å²) in [5.74, 6) is -0.677. The van der Waals surface area contributed by atoms with E-state index in [0.29, 0.717) is 29.9 Å².